The maximum absolute atomic E-state index is 5.66. The minimum Gasteiger partial charge on any atom is -0.347 e. The quantitative estimate of drug-likeness (QED) is 0.840. The summed E-state index contributed by atoms with van der Waals surface area (Å²) in [7, 11) is 2.13. The van der Waals surface area contributed by atoms with Crippen molar-refractivity contribution in [2.75, 3.05) is 6.54 Å². The average molecular weight is 216 g/mol. The summed E-state index contributed by atoms with van der Waals surface area (Å²) in [6.45, 7) is 5.11. The molecule has 2 heteroatoms. The van der Waals surface area contributed by atoms with Crippen molar-refractivity contribution in [1.82, 2.24) is 4.57 Å². The second kappa shape index (κ2) is 4.30. The van der Waals surface area contributed by atoms with Gasteiger partial charge in [0.25, 0.3) is 0 Å². The van der Waals surface area contributed by atoms with Crippen molar-refractivity contribution >= 4 is 10.9 Å². The highest BCUT2D eigenvalue weighted by Crippen LogP contribution is 2.26. The Balaban J connectivity index is 2.67. The molecule has 1 heterocycles. The van der Waals surface area contributed by atoms with E-state index in [1.807, 2.05) is 0 Å². The Labute approximate surface area is 97.1 Å². The predicted molar refractivity (Wildman–Crippen MR) is 69.8 cm³/mol. The van der Waals surface area contributed by atoms with Crippen molar-refractivity contribution in [3.8, 4) is 0 Å². The molecule has 2 aromatic rings. The van der Waals surface area contributed by atoms with E-state index in [-0.39, 0.29) is 0 Å². The summed E-state index contributed by atoms with van der Waals surface area (Å²) < 4.78 is 2.27. The number of hydrogen-bond acceptors (Lipinski definition) is 1. The highest BCUT2D eigenvalue weighted by Gasteiger charge is 2.10. The Hall–Kier alpha value is -1.28. The number of aryl methyl sites for hydroxylation is 3. The Morgan fingerprint density at radius 3 is 2.69 bits per heavy atom. The lowest BCUT2D eigenvalue weighted by Crippen LogP contribution is -2.07. The number of aromatic nitrogens is 1. The van der Waals surface area contributed by atoms with Gasteiger partial charge in [0.15, 0.2) is 0 Å². The third kappa shape index (κ3) is 1.63. The lowest BCUT2D eigenvalue weighted by Gasteiger charge is -2.03. The zero-order chi connectivity index (χ0) is 11.7. The fraction of sp³-hybridized carbons (Fsp3) is 0.429. The molecule has 0 aliphatic rings. The largest absolute Gasteiger partial charge is 0.347 e. The molecule has 0 unspecified atom stereocenters. The van der Waals surface area contributed by atoms with Crippen molar-refractivity contribution in [2.45, 2.75) is 26.7 Å². The molecule has 0 radical (unpaired) electrons. The SMILES string of the molecule is CCc1ccc2c(c1)c(C)c(CCN)n2C. The molecule has 0 atom stereocenters. The van der Waals surface area contributed by atoms with Crippen molar-refractivity contribution in [2.24, 2.45) is 12.8 Å². The molecule has 0 bridgehead atoms. The van der Waals surface area contributed by atoms with Crippen LogP contribution in [-0.4, -0.2) is 11.1 Å². The lowest BCUT2D eigenvalue weighted by molar-refractivity contribution is 0.819. The molecular formula is C14H20N2. The molecule has 0 amide bonds. The van der Waals surface area contributed by atoms with Crippen LogP contribution in [0.5, 0.6) is 0 Å². The molecule has 2 N–H and O–H groups in total. The summed E-state index contributed by atoms with van der Waals surface area (Å²) in [5.74, 6) is 0. The zero-order valence-corrected chi connectivity index (χ0v) is 10.4. The molecule has 16 heavy (non-hydrogen) atoms. The van der Waals surface area contributed by atoms with E-state index in [2.05, 4.69) is 43.7 Å². The highest BCUT2D eigenvalue weighted by atomic mass is 14.9. The fourth-order valence-corrected chi connectivity index (χ4v) is 2.44. The molecule has 0 aliphatic heterocycles. The van der Waals surface area contributed by atoms with Crippen molar-refractivity contribution in [1.29, 1.82) is 0 Å². The highest BCUT2D eigenvalue weighted by molar-refractivity contribution is 5.86. The molecular weight excluding hydrogens is 196 g/mol. The fourth-order valence-electron chi connectivity index (χ4n) is 2.44. The third-order valence-corrected chi connectivity index (χ3v) is 3.45. The summed E-state index contributed by atoms with van der Waals surface area (Å²) in [6, 6.07) is 6.75. The van der Waals surface area contributed by atoms with Crippen LogP contribution in [0.3, 0.4) is 0 Å². The van der Waals surface area contributed by atoms with Crippen LogP contribution < -0.4 is 5.73 Å². The van der Waals surface area contributed by atoms with E-state index in [9.17, 15) is 0 Å². The van der Waals surface area contributed by atoms with Crippen LogP contribution in [0.25, 0.3) is 10.9 Å². The number of rotatable bonds is 3. The molecule has 1 aromatic carbocycles. The van der Waals surface area contributed by atoms with E-state index in [1.165, 1.54) is 27.7 Å². The number of benzene rings is 1. The van der Waals surface area contributed by atoms with Crippen LogP contribution in [0.4, 0.5) is 0 Å². The van der Waals surface area contributed by atoms with Crippen LogP contribution in [0.2, 0.25) is 0 Å². The summed E-state index contributed by atoms with van der Waals surface area (Å²) >= 11 is 0. The van der Waals surface area contributed by atoms with Gasteiger partial charge in [-0.3, -0.25) is 0 Å². The summed E-state index contributed by atoms with van der Waals surface area (Å²) in [6.07, 6.45) is 2.05. The van der Waals surface area contributed by atoms with Gasteiger partial charge in [-0.15, -0.1) is 0 Å². The molecule has 1 aromatic heterocycles. The smallest absolute Gasteiger partial charge is 0.0482 e. The molecule has 0 spiro atoms. The van der Waals surface area contributed by atoms with Gasteiger partial charge in [-0.2, -0.15) is 0 Å². The van der Waals surface area contributed by atoms with Gasteiger partial charge in [-0.1, -0.05) is 13.0 Å². The van der Waals surface area contributed by atoms with E-state index in [0.29, 0.717) is 6.54 Å². The first-order chi connectivity index (χ1) is 7.69. The van der Waals surface area contributed by atoms with Crippen LogP contribution in [0.15, 0.2) is 18.2 Å². The van der Waals surface area contributed by atoms with E-state index in [0.717, 1.165) is 12.8 Å². The number of nitrogens with zero attached hydrogens (tertiary/aromatic N) is 1. The Kier molecular flexibility index (Phi) is 3.01. The van der Waals surface area contributed by atoms with Crippen molar-refractivity contribution in [3.63, 3.8) is 0 Å². The van der Waals surface area contributed by atoms with Crippen LogP contribution in [0.1, 0.15) is 23.7 Å². The first-order valence-corrected chi connectivity index (χ1v) is 5.95. The molecule has 86 valence electrons. The molecule has 0 fully saturated rings. The topological polar surface area (TPSA) is 30.9 Å². The van der Waals surface area contributed by atoms with E-state index in [4.69, 9.17) is 5.73 Å². The van der Waals surface area contributed by atoms with Gasteiger partial charge >= 0.3 is 0 Å². The van der Waals surface area contributed by atoms with Crippen LogP contribution >= 0.6 is 0 Å². The van der Waals surface area contributed by atoms with E-state index < -0.39 is 0 Å². The Bertz CT molecular complexity index is 509. The first-order valence-electron chi connectivity index (χ1n) is 5.95. The Morgan fingerprint density at radius 2 is 2.06 bits per heavy atom. The van der Waals surface area contributed by atoms with E-state index >= 15 is 0 Å². The van der Waals surface area contributed by atoms with Gasteiger partial charge in [0.1, 0.15) is 0 Å². The van der Waals surface area contributed by atoms with Crippen molar-refractivity contribution in [3.05, 3.63) is 35.0 Å². The molecule has 0 aliphatic carbocycles. The second-order valence-electron chi connectivity index (χ2n) is 4.37. The minimum absolute atomic E-state index is 0.714. The van der Waals surface area contributed by atoms with Crippen LogP contribution in [-0.2, 0) is 19.9 Å². The lowest BCUT2D eigenvalue weighted by atomic mass is 10.1. The van der Waals surface area contributed by atoms with Gasteiger partial charge in [-0.25, -0.2) is 0 Å². The molecule has 2 nitrogen and oxygen atoms in total. The Morgan fingerprint density at radius 1 is 1.31 bits per heavy atom. The normalized spacial score (nSPS) is 11.2. The van der Waals surface area contributed by atoms with Gasteiger partial charge in [0.2, 0.25) is 0 Å². The third-order valence-electron chi connectivity index (χ3n) is 3.45. The molecule has 0 saturated heterocycles. The number of nitrogens with two attached hydrogens (primary N) is 1. The van der Waals surface area contributed by atoms with Gasteiger partial charge in [0, 0.05) is 30.1 Å². The average Bonchev–Trinajstić information content (AvgIpc) is 2.54. The minimum atomic E-state index is 0.714. The zero-order valence-electron chi connectivity index (χ0n) is 10.4. The van der Waals surface area contributed by atoms with Crippen molar-refractivity contribution < 1.29 is 0 Å². The maximum atomic E-state index is 5.66. The van der Waals surface area contributed by atoms with Crippen LogP contribution in [0, 0.1) is 6.92 Å². The molecule has 0 saturated carbocycles. The number of hydrogen-bond donors (Lipinski definition) is 1. The molecule has 2 rings (SSSR count). The summed E-state index contributed by atoms with van der Waals surface area (Å²) in [5, 5.41) is 1.38. The number of fused-ring (bicyclic) bond motifs is 1. The first kappa shape index (κ1) is 11.2. The summed E-state index contributed by atoms with van der Waals surface area (Å²) in [5.41, 5.74) is 11.1. The van der Waals surface area contributed by atoms with E-state index in [1.54, 1.807) is 0 Å². The standard InChI is InChI=1S/C14H20N2/c1-4-11-5-6-14-12(9-11)10(2)13(7-8-15)16(14)3/h5-6,9H,4,7-8,15H2,1-3H3. The summed E-state index contributed by atoms with van der Waals surface area (Å²) in [4.78, 5) is 0. The monoisotopic (exact) mass is 216 g/mol. The van der Waals surface area contributed by atoms with Gasteiger partial charge < -0.3 is 10.3 Å². The van der Waals surface area contributed by atoms with Gasteiger partial charge in [-0.05, 0) is 43.1 Å². The van der Waals surface area contributed by atoms with Gasteiger partial charge in [0.05, 0.1) is 0 Å². The second-order valence-corrected chi connectivity index (χ2v) is 4.37. The maximum Gasteiger partial charge on any atom is 0.0482 e. The predicted octanol–water partition coefficient (Wildman–Crippen LogP) is 2.55.